The lowest BCUT2D eigenvalue weighted by atomic mass is 10.9. The van der Waals surface area contributed by atoms with Crippen molar-refractivity contribution >= 4 is 19.7 Å². The molecule has 5 nitrogen and oxygen atoms in total. The molecule has 0 fully saturated rings. The Morgan fingerprint density at radius 2 is 2.10 bits per heavy atom. The van der Waals surface area contributed by atoms with Gasteiger partial charge in [-0.15, -0.1) is 0 Å². The van der Waals surface area contributed by atoms with Gasteiger partial charge in [-0.2, -0.15) is 0 Å². The minimum atomic E-state index is -3.80. The molecule has 0 aliphatic rings. The van der Waals surface area contributed by atoms with Crippen molar-refractivity contribution < 1.29 is 8.42 Å². The molecule has 10 heavy (non-hydrogen) atoms. The second-order valence-corrected chi connectivity index (χ2v) is 4.07. The van der Waals surface area contributed by atoms with Crippen LogP contribution in [-0.4, -0.2) is 20.5 Å². The molecule has 0 unspecified atom stereocenters. The van der Waals surface area contributed by atoms with Gasteiger partial charge >= 0.3 is 0 Å². The van der Waals surface area contributed by atoms with Crippen molar-refractivity contribution in [1.29, 1.82) is 0 Å². The lowest BCUT2D eigenvalue weighted by Crippen LogP contribution is -2.28. The highest BCUT2D eigenvalue weighted by Crippen LogP contribution is 2.10. The maximum atomic E-state index is 10.5. The predicted octanol–water partition coefficient (Wildman–Crippen LogP) is -0.882. The van der Waals surface area contributed by atoms with Crippen molar-refractivity contribution in [2.45, 2.75) is 0 Å². The van der Waals surface area contributed by atoms with Crippen LogP contribution in [0.25, 0.3) is 0 Å². The number of nitrogens with zero attached hydrogens (tertiary/aromatic N) is 1. The second-order valence-electron chi connectivity index (χ2n) is 1.55. The van der Waals surface area contributed by atoms with E-state index in [2.05, 4.69) is 0 Å². The molecule has 0 amide bonds. The molecule has 0 heterocycles. The van der Waals surface area contributed by atoms with Crippen LogP contribution >= 0.6 is 10.7 Å². The highest BCUT2D eigenvalue weighted by atomic mass is 35.7. The van der Waals surface area contributed by atoms with E-state index in [-0.39, 0.29) is 5.03 Å². The molecule has 7 heteroatoms. The first-order valence-electron chi connectivity index (χ1n) is 2.24. The molecule has 0 aromatic carbocycles. The fourth-order valence-corrected chi connectivity index (χ4v) is 1.36. The van der Waals surface area contributed by atoms with E-state index in [9.17, 15) is 8.42 Å². The van der Waals surface area contributed by atoms with E-state index in [4.69, 9.17) is 22.3 Å². The largest absolute Gasteiger partial charge is 0.402 e. The molecule has 0 rings (SSSR count). The molecule has 0 aromatic heterocycles. The van der Waals surface area contributed by atoms with Gasteiger partial charge < -0.3 is 10.7 Å². The summed E-state index contributed by atoms with van der Waals surface area (Å²) in [5.41, 5.74) is 4.91. The van der Waals surface area contributed by atoms with E-state index in [1.807, 2.05) is 0 Å². The van der Waals surface area contributed by atoms with Gasteiger partial charge in [0.2, 0.25) is 0 Å². The van der Waals surface area contributed by atoms with Crippen molar-refractivity contribution in [3.05, 3.63) is 11.2 Å². The summed E-state index contributed by atoms with van der Waals surface area (Å²) < 4.78 is 21.0. The summed E-state index contributed by atoms with van der Waals surface area (Å²) in [6, 6.07) is 0. The van der Waals surface area contributed by atoms with Gasteiger partial charge in [0.05, 0.1) is 0 Å². The molecule has 4 N–H and O–H groups in total. The fraction of sp³-hybridized carbons (Fsp3) is 0.333. The molecule has 0 saturated carbocycles. The Hall–Kier alpha value is -0.460. The quantitative estimate of drug-likeness (QED) is 0.331. The summed E-state index contributed by atoms with van der Waals surface area (Å²) in [5.74, 6) is 5.05. The van der Waals surface area contributed by atoms with E-state index < -0.39 is 9.05 Å². The molecule has 0 bridgehead atoms. The summed E-state index contributed by atoms with van der Waals surface area (Å²) in [4.78, 5) is 0. The Bertz CT molecular complexity index is 232. The number of nitrogens with two attached hydrogens (primary N) is 2. The average molecular weight is 186 g/mol. The van der Waals surface area contributed by atoms with Gasteiger partial charge in [0, 0.05) is 23.9 Å². The zero-order valence-corrected chi connectivity index (χ0v) is 6.85. The number of hydrogen-bond acceptors (Lipinski definition) is 5. The van der Waals surface area contributed by atoms with E-state index >= 15 is 0 Å². The van der Waals surface area contributed by atoms with Crippen molar-refractivity contribution in [3.8, 4) is 0 Å². The number of halogens is 1. The normalized spacial score (nSPS) is 13.3. The van der Waals surface area contributed by atoms with Gasteiger partial charge in [0.25, 0.3) is 9.05 Å². The second kappa shape index (κ2) is 3.09. The monoisotopic (exact) mass is 185 g/mol. The maximum Gasteiger partial charge on any atom is 0.279 e. The van der Waals surface area contributed by atoms with Crippen LogP contribution in [0.1, 0.15) is 0 Å². The molecule has 0 radical (unpaired) electrons. The minimum Gasteiger partial charge on any atom is -0.402 e. The highest BCUT2D eigenvalue weighted by molar-refractivity contribution is 8.16. The van der Waals surface area contributed by atoms with Crippen LogP contribution in [0.4, 0.5) is 0 Å². The summed E-state index contributed by atoms with van der Waals surface area (Å²) in [6.45, 7) is 0. The highest BCUT2D eigenvalue weighted by Gasteiger charge is 2.15. The smallest absolute Gasteiger partial charge is 0.279 e. The molecular weight excluding hydrogens is 178 g/mol. The van der Waals surface area contributed by atoms with Crippen molar-refractivity contribution in [1.82, 2.24) is 5.01 Å². The van der Waals surface area contributed by atoms with Gasteiger partial charge in [0.1, 0.15) is 0 Å². The molecule has 0 spiro atoms. The molecule has 0 aliphatic carbocycles. The maximum absolute atomic E-state index is 10.5. The van der Waals surface area contributed by atoms with Crippen LogP contribution in [0, 0.1) is 0 Å². The Kier molecular flexibility index (Phi) is 2.95. The molecule has 0 atom stereocenters. The minimum absolute atomic E-state index is 0.325. The van der Waals surface area contributed by atoms with E-state index in [1.54, 1.807) is 0 Å². The van der Waals surface area contributed by atoms with Gasteiger partial charge in [-0.3, -0.25) is 0 Å². The number of hydrazine groups is 1. The topological polar surface area (TPSA) is 89.4 Å². The van der Waals surface area contributed by atoms with Gasteiger partial charge in [-0.05, 0) is 0 Å². The molecule has 0 aromatic rings. The summed E-state index contributed by atoms with van der Waals surface area (Å²) in [7, 11) is 2.41. The average Bonchev–Trinajstić information content (AvgIpc) is 1.60. The molecular formula is C3H8ClN3O2S. The van der Waals surface area contributed by atoms with Gasteiger partial charge in [-0.25, -0.2) is 14.3 Å². The SMILES string of the molecule is CN(N)/C(=C\N)S(=O)(=O)Cl. The van der Waals surface area contributed by atoms with E-state index in [1.165, 1.54) is 7.05 Å². The first-order chi connectivity index (χ1) is 4.39. The first-order valence-corrected chi connectivity index (χ1v) is 4.55. The zero-order chi connectivity index (χ0) is 8.36. The molecule has 0 aliphatic heterocycles. The Balaban J connectivity index is 4.76. The van der Waals surface area contributed by atoms with Gasteiger partial charge in [0.15, 0.2) is 5.03 Å². The Morgan fingerprint density at radius 1 is 1.70 bits per heavy atom. The summed E-state index contributed by atoms with van der Waals surface area (Å²) in [5, 5.41) is 0.497. The fourth-order valence-electron chi connectivity index (χ4n) is 0.371. The molecule has 0 saturated heterocycles. The molecule has 60 valence electrons. The summed E-state index contributed by atoms with van der Waals surface area (Å²) in [6.07, 6.45) is 0.822. The van der Waals surface area contributed by atoms with Crippen LogP contribution in [-0.2, 0) is 9.05 Å². The van der Waals surface area contributed by atoms with Crippen LogP contribution in [0.15, 0.2) is 11.2 Å². The van der Waals surface area contributed by atoms with Crippen LogP contribution in [0.2, 0.25) is 0 Å². The van der Waals surface area contributed by atoms with Crippen LogP contribution < -0.4 is 11.6 Å². The van der Waals surface area contributed by atoms with Crippen molar-refractivity contribution in [3.63, 3.8) is 0 Å². The zero-order valence-electron chi connectivity index (χ0n) is 5.28. The third-order valence-corrected chi connectivity index (χ3v) is 2.14. The lowest BCUT2D eigenvalue weighted by molar-refractivity contribution is 0.461. The number of rotatable bonds is 2. The lowest BCUT2D eigenvalue weighted by Gasteiger charge is -2.11. The van der Waals surface area contributed by atoms with Gasteiger partial charge in [-0.1, -0.05) is 0 Å². The third-order valence-electron chi connectivity index (χ3n) is 0.740. The standard InChI is InChI=1S/C3H8ClN3O2S/c1-7(6)3(2-5)10(4,8)9/h2H,5-6H2,1H3/b3-2+. The predicted molar refractivity (Wildman–Crippen MR) is 39.0 cm³/mol. The van der Waals surface area contributed by atoms with Crippen LogP contribution in [0.3, 0.4) is 0 Å². The van der Waals surface area contributed by atoms with Crippen molar-refractivity contribution in [2.75, 3.05) is 7.05 Å². The Labute approximate surface area is 63.6 Å². The number of hydrogen-bond donors (Lipinski definition) is 2. The van der Waals surface area contributed by atoms with E-state index in [0.29, 0.717) is 0 Å². The third kappa shape index (κ3) is 2.42. The van der Waals surface area contributed by atoms with E-state index in [0.717, 1.165) is 11.2 Å². The van der Waals surface area contributed by atoms with Crippen molar-refractivity contribution in [2.24, 2.45) is 11.6 Å². The summed E-state index contributed by atoms with van der Waals surface area (Å²) >= 11 is 0. The Morgan fingerprint density at radius 3 is 2.10 bits per heavy atom. The first kappa shape index (κ1) is 9.54. The van der Waals surface area contributed by atoms with Crippen LogP contribution in [0.5, 0.6) is 0 Å².